The van der Waals surface area contributed by atoms with Gasteiger partial charge in [0.2, 0.25) is 0 Å². The molecule has 0 saturated carbocycles. The van der Waals surface area contributed by atoms with Crippen LogP contribution in [0.3, 0.4) is 0 Å². The highest BCUT2D eigenvalue weighted by molar-refractivity contribution is 6.13. The minimum Gasteiger partial charge on any atom is -0.507 e. The summed E-state index contributed by atoms with van der Waals surface area (Å²) in [6.45, 7) is 8.88. The molecule has 182 valence electrons. The largest absolute Gasteiger partial charge is 0.507 e. The SMILES string of the molecule is Cc1ccccc1-c1c(O)cccc1-c1cccc(-c2cccc3oc4ccccc4c23)c1C(C)(C)C. The van der Waals surface area contributed by atoms with Crippen molar-refractivity contribution in [3.63, 3.8) is 0 Å². The minimum absolute atomic E-state index is 0.165. The molecule has 0 aliphatic carbocycles. The average molecular weight is 483 g/mol. The van der Waals surface area contributed by atoms with Gasteiger partial charge in [-0.3, -0.25) is 0 Å². The van der Waals surface area contributed by atoms with Crippen molar-refractivity contribution in [1.82, 2.24) is 0 Å². The summed E-state index contributed by atoms with van der Waals surface area (Å²) in [5.41, 5.74) is 10.4. The molecule has 0 spiro atoms. The van der Waals surface area contributed by atoms with Crippen molar-refractivity contribution in [1.29, 1.82) is 0 Å². The van der Waals surface area contributed by atoms with Gasteiger partial charge >= 0.3 is 0 Å². The third-order valence-electron chi connectivity index (χ3n) is 7.25. The molecular weight excluding hydrogens is 452 g/mol. The Morgan fingerprint density at radius 1 is 0.568 bits per heavy atom. The zero-order valence-electron chi connectivity index (χ0n) is 21.7. The molecule has 0 fully saturated rings. The van der Waals surface area contributed by atoms with Gasteiger partial charge in [-0.25, -0.2) is 0 Å². The van der Waals surface area contributed by atoms with Crippen LogP contribution in [0.1, 0.15) is 31.9 Å². The average Bonchev–Trinajstić information content (AvgIpc) is 3.27. The van der Waals surface area contributed by atoms with E-state index in [-0.39, 0.29) is 5.41 Å². The molecule has 1 heterocycles. The lowest BCUT2D eigenvalue weighted by atomic mass is 9.75. The predicted molar refractivity (Wildman–Crippen MR) is 155 cm³/mol. The zero-order valence-corrected chi connectivity index (χ0v) is 21.7. The summed E-state index contributed by atoms with van der Waals surface area (Å²) in [7, 11) is 0. The van der Waals surface area contributed by atoms with Gasteiger partial charge in [-0.05, 0) is 69.5 Å². The third kappa shape index (κ3) is 3.81. The summed E-state index contributed by atoms with van der Waals surface area (Å²) >= 11 is 0. The second kappa shape index (κ2) is 8.67. The lowest BCUT2D eigenvalue weighted by Gasteiger charge is -2.28. The Labute approximate surface area is 217 Å². The van der Waals surface area contributed by atoms with Crippen molar-refractivity contribution in [2.24, 2.45) is 0 Å². The van der Waals surface area contributed by atoms with Gasteiger partial charge in [0.25, 0.3) is 0 Å². The van der Waals surface area contributed by atoms with Crippen LogP contribution in [0.4, 0.5) is 0 Å². The van der Waals surface area contributed by atoms with Gasteiger partial charge in [0.05, 0.1) is 0 Å². The van der Waals surface area contributed by atoms with Crippen molar-refractivity contribution < 1.29 is 9.52 Å². The normalized spacial score (nSPS) is 11.9. The molecule has 37 heavy (non-hydrogen) atoms. The van der Waals surface area contributed by atoms with Gasteiger partial charge in [0, 0.05) is 16.3 Å². The maximum atomic E-state index is 11.1. The molecule has 6 aromatic rings. The van der Waals surface area contributed by atoms with Crippen LogP contribution in [0, 0.1) is 6.92 Å². The molecule has 0 saturated heterocycles. The van der Waals surface area contributed by atoms with Crippen molar-refractivity contribution >= 4 is 21.9 Å². The lowest BCUT2D eigenvalue weighted by molar-refractivity contribution is 0.477. The Morgan fingerprint density at radius 3 is 1.92 bits per heavy atom. The van der Waals surface area contributed by atoms with Crippen molar-refractivity contribution in [3.8, 4) is 39.1 Å². The van der Waals surface area contributed by atoms with Crippen LogP contribution in [0.25, 0.3) is 55.3 Å². The van der Waals surface area contributed by atoms with Crippen LogP contribution >= 0.6 is 0 Å². The fraction of sp³-hybridized carbons (Fsp3) is 0.143. The van der Waals surface area contributed by atoms with Crippen molar-refractivity contribution in [3.05, 3.63) is 114 Å². The highest BCUT2D eigenvalue weighted by Crippen LogP contribution is 2.47. The summed E-state index contributed by atoms with van der Waals surface area (Å²) in [6.07, 6.45) is 0. The number of hydrogen-bond acceptors (Lipinski definition) is 2. The highest BCUT2D eigenvalue weighted by Gasteiger charge is 2.27. The number of phenolic OH excluding ortho intramolecular Hbond substituents is 1. The van der Waals surface area contributed by atoms with E-state index in [9.17, 15) is 5.11 Å². The van der Waals surface area contributed by atoms with Gasteiger partial charge in [-0.1, -0.05) is 106 Å². The van der Waals surface area contributed by atoms with E-state index < -0.39 is 0 Å². The number of furan rings is 1. The molecule has 2 heteroatoms. The highest BCUT2D eigenvalue weighted by atomic mass is 16.3. The zero-order chi connectivity index (χ0) is 25.7. The Hall–Kier alpha value is -4.30. The molecule has 0 unspecified atom stereocenters. The maximum Gasteiger partial charge on any atom is 0.136 e. The number of phenols is 1. The van der Waals surface area contributed by atoms with Gasteiger partial charge in [0.15, 0.2) is 0 Å². The van der Waals surface area contributed by atoms with E-state index in [2.05, 4.69) is 88.4 Å². The summed E-state index contributed by atoms with van der Waals surface area (Å²) < 4.78 is 6.23. The molecule has 1 N–H and O–H groups in total. The first-order chi connectivity index (χ1) is 17.8. The summed E-state index contributed by atoms with van der Waals surface area (Å²) in [5.74, 6) is 0.292. The first-order valence-corrected chi connectivity index (χ1v) is 12.8. The Morgan fingerprint density at radius 2 is 1.14 bits per heavy atom. The Bertz CT molecular complexity index is 1780. The van der Waals surface area contributed by atoms with E-state index in [0.29, 0.717) is 5.75 Å². The lowest BCUT2D eigenvalue weighted by Crippen LogP contribution is -2.15. The maximum absolute atomic E-state index is 11.1. The Kier molecular flexibility index (Phi) is 5.42. The standard InChI is InChI=1S/C35H30O2/c1-22-12-5-6-13-23(22)32-24(15-10-19-29(32)36)26-17-9-18-27(34(26)35(2,3)4)25-16-11-21-31-33(25)28-14-7-8-20-30(28)37-31/h5-21,36H,1-4H3. The molecule has 0 amide bonds. The summed E-state index contributed by atoms with van der Waals surface area (Å²) in [4.78, 5) is 0. The topological polar surface area (TPSA) is 33.4 Å². The van der Waals surface area contributed by atoms with Crippen molar-refractivity contribution in [2.75, 3.05) is 0 Å². The number of aryl methyl sites for hydroxylation is 1. The third-order valence-corrected chi connectivity index (χ3v) is 7.25. The van der Waals surface area contributed by atoms with Crippen molar-refractivity contribution in [2.45, 2.75) is 33.1 Å². The molecule has 1 aromatic heterocycles. The second-order valence-corrected chi connectivity index (χ2v) is 10.8. The van der Waals surface area contributed by atoms with E-state index in [4.69, 9.17) is 4.42 Å². The fourth-order valence-electron chi connectivity index (χ4n) is 5.71. The minimum atomic E-state index is -0.165. The number of hydrogen-bond donors (Lipinski definition) is 1. The van der Waals surface area contributed by atoms with Gasteiger partial charge in [-0.2, -0.15) is 0 Å². The van der Waals surface area contributed by atoms with E-state index >= 15 is 0 Å². The molecular formula is C35H30O2. The summed E-state index contributed by atoms with van der Waals surface area (Å²) in [5, 5.41) is 13.4. The quantitative estimate of drug-likeness (QED) is 0.272. The molecule has 0 aliphatic rings. The van der Waals surface area contributed by atoms with Crippen LogP contribution in [-0.2, 0) is 5.41 Å². The van der Waals surface area contributed by atoms with E-state index in [1.165, 1.54) is 11.1 Å². The molecule has 0 radical (unpaired) electrons. The number of rotatable bonds is 3. The molecule has 5 aromatic carbocycles. The van der Waals surface area contributed by atoms with E-state index in [0.717, 1.165) is 55.3 Å². The van der Waals surface area contributed by atoms with Gasteiger partial charge in [0.1, 0.15) is 16.9 Å². The van der Waals surface area contributed by atoms with Crippen LogP contribution in [0.5, 0.6) is 5.75 Å². The monoisotopic (exact) mass is 482 g/mol. The fourth-order valence-corrected chi connectivity index (χ4v) is 5.71. The van der Waals surface area contributed by atoms with Gasteiger partial charge in [-0.15, -0.1) is 0 Å². The Balaban J connectivity index is 1.70. The van der Waals surface area contributed by atoms with E-state index in [1.54, 1.807) is 6.07 Å². The molecule has 0 atom stereocenters. The number of benzene rings is 5. The van der Waals surface area contributed by atoms with Gasteiger partial charge < -0.3 is 9.52 Å². The predicted octanol–water partition coefficient (Wildman–Crippen LogP) is 9.90. The first-order valence-electron chi connectivity index (χ1n) is 12.8. The van der Waals surface area contributed by atoms with Crippen LogP contribution in [0.2, 0.25) is 0 Å². The van der Waals surface area contributed by atoms with Crippen LogP contribution in [0.15, 0.2) is 108 Å². The molecule has 6 rings (SSSR count). The van der Waals surface area contributed by atoms with Crippen LogP contribution < -0.4 is 0 Å². The number of aromatic hydroxyl groups is 1. The summed E-state index contributed by atoms with van der Waals surface area (Å²) in [6, 6.07) is 35.2. The number of para-hydroxylation sites is 1. The molecule has 0 aliphatic heterocycles. The van der Waals surface area contributed by atoms with E-state index in [1.807, 2.05) is 36.4 Å². The molecule has 2 nitrogen and oxygen atoms in total. The molecule has 0 bridgehead atoms. The second-order valence-electron chi connectivity index (χ2n) is 10.8. The number of fused-ring (bicyclic) bond motifs is 3. The first kappa shape index (κ1) is 23.1. The van der Waals surface area contributed by atoms with Crippen LogP contribution in [-0.4, -0.2) is 5.11 Å². The smallest absolute Gasteiger partial charge is 0.136 e.